The molecule has 0 saturated carbocycles. The highest BCUT2D eigenvalue weighted by Crippen LogP contribution is 2.31. The van der Waals surface area contributed by atoms with Gasteiger partial charge >= 0.3 is 0 Å². The molecule has 0 saturated heterocycles. The van der Waals surface area contributed by atoms with Crippen molar-refractivity contribution >= 4 is 0 Å². The largest absolute Gasteiger partial charge is 0.379 e. The topological polar surface area (TPSA) is 59.1 Å². The molecule has 0 amide bonds. The van der Waals surface area contributed by atoms with Crippen molar-refractivity contribution in [2.45, 2.75) is 12.0 Å². The molecule has 94 valence electrons. The monoisotopic (exact) mass is 246 g/mol. The van der Waals surface area contributed by atoms with Gasteiger partial charge in [-0.15, -0.1) is 0 Å². The maximum atomic E-state index is 12.9. The Kier molecular flexibility index (Phi) is 3.69. The Hall–Kier alpha value is -1.78. The van der Waals surface area contributed by atoms with E-state index < -0.39 is 5.60 Å². The van der Waals surface area contributed by atoms with E-state index in [-0.39, 0.29) is 5.82 Å². The predicted molar refractivity (Wildman–Crippen MR) is 67.3 cm³/mol. The summed E-state index contributed by atoms with van der Waals surface area (Å²) in [5.41, 5.74) is 5.39. The van der Waals surface area contributed by atoms with Gasteiger partial charge in [0.2, 0.25) is 0 Å². The first-order chi connectivity index (χ1) is 8.66. The Labute approximate surface area is 105 Å². The minimum atomic E-state index is -1.27. The minimum absolute atomic E-state index is 0.310. The smallest absolute Gasteiger partial charge is 0.133 e. The molecule has 0 fully saturated rings. The zero-order valence-electron chi connectivity index (χ0n) is 9.88. The van der Waals surface area contributed by atoms with Crippen LogP contribution < -0.4 is 5.73 Å². The number of hydrogen-bond acceptors (Lipinski definition) is 3. The maximum absolute atomic E-state index is 12.9. The van der Waals surface area contributed by atoms with Crippen LogP contribution in [0.25, 0.3) is 0 Å². The van der Waals surface area contributed by atoms with Crippen LogP contribution in [0.15, 0.2) is 48.7 Å². The summed E-state index contributed by atoms with van der Waals surface area (Å²) in [5.74, 6) is -0.338. The lowest BCUT2D eigenvalue weighted by Gasteiger charge is -2.27. The van der Waals surface area contributed by atoms with Gasteiger partial charge in [-0.05, 0) is 42.8 Å². The van der Waals surface area contributed by atoms with Crippen molar-refractivity contribution in [3.05, 3.63) is 65.7 Å². The van der Waals surface area contributed by atoms with Crippen LogP contribution in [0.4, 0.5) is 4.39 Å². The van der Waals surface area contributed by atoms with Crippen molar-refractivity contribution in [2.75, 3.05) is 6.54 Å². The molecule has 18 heavy (non-hydrogen) atoms. The maximum Gasteiger partial charge on any atom is 0.133 e. The molecule has 4 heteroatoms. The SMILES string of the molecule is NCCC(O)(c1ccc(F)cc1)c1ccccn1. The molecular weight excluding hydrogens is 231 g/mol. The number of nitrogens with two attached hydrogens (primary N) is 1. The summed E-state index contributed by atoms with van der Waals surface area (Å²) in [7, 11) is 0. The molecule has 3 N–H and O–H groups in total. The highest BCUT2D eigenvalue weighted by atomic mass is 19.1. The van der Waals surface area contributed by atoms with Crippen LogP contribution in [0.1, 0.15) is 17.7 Å². The van der Waals surface area contributed by atoms with E-state index in [4.69, 9.17) is 5.73 Å². The summed E-state index contributed by atoms with van der Waals surface area (Å²) in [4.78, 5) is 4.17. The van der Waals surface area contributed by atoms with E-state index in [9.17, 15) is 9.50 Å². The van der Waals surface area contributed by atoms with Gasteiger partial charge in [-0.1, -0.05) is 18.2 Å². The fourth-order valence-electron chi connectivity index (χ4n) is 1.96. The molecule has 3 nitrogen and oxygen atoms in total. The molecule has 1 atom stereocenters. The molecule has 0 bridgehead atoms. The first-order valence-corrected chi connectivity index (χ1v) is 5.77. The van der Waals surface area contributed by atoms with Crippen molar-refractivity contribution in [1.82, 2.24) is 4.98 Å². The van der Waals surface area contributed by atoms with Crippen LogP contribution in [0.2, 0.25) is 0 Å². The van der Waals surface area contributed by atoms with E-state index in [1.54, 1.807) is 36.5 Å². The summed E-state index contributed by atoms with van der Waals surface area (Å²) in [6.45, 7) is 0.310. The van der Waals surface area contributed by atoms with Crippen molar-refractivity contribution in [2.24, 2.45) is 5.73 Å². The number of benzene rings is 1. The van der Waals surface area contributed by atoms with Gasteiger partial charge in [0.15, 0.2) is 0 Å². The fraction of sp³-hybridized carbons (Fsp3) is 0.214. The number of aliphatic hydroxyl groups is 1. The van der Waals surface area contributed by atoms with Crippen LogP contribution in [-0.4, -0.2) is 16.6 Å². The molecule has 0 aliphatic rings. The standard InChI is InChI=1S/C14H15FN2O/c15-12-6-4-11(5-7-12)14(18,8-9-16)13-3-1-2-10-17-13/h1-7,10,18H,8-9,16H2. The Balaban J connectivity index is 2.47. The summed E-state index contributed by atoms with van der Waals surface area (Å²) in [6, 6.07) is 11.1. The number of rotatable bonds is 4. The van der Waals surface area contributed by atoms with Gasteiger partial charge in [-0.2, -0.15) is 0 Å². The molecule has 1 aromatic heterocycles. The van der Waals surface area contributed by atoms with E-state index in [2.05, 4.69) is 4.98 Å². The van der Waals surface area contributed by atoms with Gasteiger partial charge in [0, 0.05) is 6.20 Å². The molecule has 1 aromatic carbocycles. The highest BCUT2D eigenvalue weighted by molar-refractivity contribution is 5.32. The van der Waals surface area contributed by atoms with Gasteiger partial charge in [-0.3, -0.25) is 4.98 Å². The Bertz CT molecular complexity index is 501. The van der Waals surface area contributed by atoms with Gasteiger partial charge in [0.1, 0.15) is 11.4 Å². The normalized spacial score (nSPS) is 14.2. The number of nitrogens with zero attached hydrogens (tertiary/aromatic N) is 1. The average Bonchev–Trinajstić information content (AvgIpc) is 2.40. The number of aromatic nitrogens is 1. The lowest BCUT2D eigenvalue weighted by atomic mass is 9.87. The van der Waals surface area contributed by atoms with E-state index in [1.807, 2.05) is 0 Å². The second-order valence-electron chi connectivity index (χ2n) is 4.12. The predicted octanol–water partition coefficient (Wildman–Crippen LogP) is 1.81. The van der Waals surface area contributed by atoms with Gasteiger partial charge in [0.05, 0.1) is 5.69 Å². The van der Waals surface area contributed by atoms with Crippen molar-refractivity contribution in [3.8, 4) is 0 Å². The van der Waals surface area contributed by atoms with Crippen LogP contribution in [0.5, 0.6) is 0 Å². The lowest BCUT2D eigenvalue weighted by molar-refractivity contribution is 0.0691. The molecule has 0 radical (unpaired) electrons. The van der Waals surface area contributed by atoms with Crippen LogP contribution in [0, 0.1) is 5.82 Å². The zero-order valence-corrected chi connectivity index (χ0v) is 9.88. The molecular formula is C14H15FN2O. The number of pyridine rings is 1. The molecule has 0 aliphatic carbocycles. The Morgan fingerprint density at radius 2 is 1.89 bits per heavy atom. The third-order valence-electron chi connectivity index (χ3n) is 2.92. The van der Waals surface area contributed by atoms with E-state index in [0.717, 1.165) is 0 Å². The van der Waals surface area contributed by atoms with Crippen molar-refractivity contribution in [1.29, 1.82) is 0 Å². The lowest BCUT2D eigenvalue weighted by Crippen LogP contribution is -2.31. The van der Waals surface area contributed by atoms with E-state index in [0.29, 0.717) is 24.2 Å². The van der Waals surface area contributed by atoms with Crippen molar-refractivity contribution < 1.29 is 9.50 Å². The van der Waals surface area contributed by atoms with Crippen LogP contribution in [-0.2, 0) is 5.60 Å². The minimum Gasteiger partial charge on any atom is -0.379 e. The van der Waals surface area contributed by atoms with Gasteiger partial charge in [-0.25, -0.2) is 4.39 Å². The summed E-state index contributed by atoms with van der Waals surface area (Å²) in [6.07, 6.45) is 1.94. The molecule has 0 aliphatic heterocycles. The summed E-state index contributed by atoms with van der Waals surface area (Å²) in [5, 5.41) is 10.8. The first kappa shape index (κ1) is 12.7. The average molecular weight is 246 g/mol. The van der Waals surface area contributed by atoms with E-state index in [1.165, 1.54) is 12.1 Å². The zero-order chi connectivity index (χ0) is 13.0. The van der Waals surface area contributed by atoms with Crippen molar-refractivity contribution in [3.63, 3.8) is 0 Å². The molecule has 1 heterocycles. The summed E-state index contributed by atoms with van der Waals surface area (Å²) < 4.78 is 12.9. The highest BCUT2D eigenvalue weighted by Gasteiger charge is 2.31. The molecule has 2 rings (SSSR count). The molecule has 0 spiro atoms. The molecule has 1 unspecified atom stereocenters. The van der Waals surface area contributed by atoms with E-state index >= 15 is 0 Å². The molecule has 2 aromatic rings. The summed E-state index contributed by atoms with van der Waals surface area (Å²) >= 11 is 0. The quantitative estimate of drug-likeness (QED) is 0.865. The number of halogens is 1. The second kappa shape index (κ2) is 5.25. The fourth-order valence-corrected chi connectivity index (χ4v) is 1.96. The van der Waals surface area contributed by atoms with Crippen LogP contribution >= 0.6 is 0 Å². The van der Waals surface area contributed by atoms with Gasteiger partial charge < -0.3 is 10.8 Å². The Morgan fingerprint density at radius 3 is 2.44 bits per heavy atom. The van der Waals surface area contributed by atoms with Crippen LogP contribution in [0.3, 0.4) is 0 Å². The Morgan fingerprint density at radius 1 is 1.17 bits per heavy atom. The third kappa shape index (κ3) is 2.39. The first-order valence-electron chi connectivity index (χ1n) is 5.77. The number of hydrogen-bond donors (Lipinski definition) is 2. The third-order valence-corrected chi connectivity index (χ3v) is 2.92. The van der Waals surface area contributed by atoms with Gasteiger partial charge in [0.25, 0.3) is 0 Å². The second-order valence-corrected chi connectivity index (χ2v) is 4.12.